The minimum atomic E-state index is -4.46. The number of carbonyl (C=O) groups is 1. The molecule has 1 fully saturated rings. The summed E-state index contributed by atoms with van der Waals surface area (Å²) in [4.78, 5) is 12.6. The molecular formula is C16H20F3NO2. The molecule has 3 nitrogen and oxygen atoms in total. The Hall–Kier alpha value is -1.56. The van der Waals surface area contributed by atoms with E-state index in [1.54, 1.807) is 4.90 Å². The van der Waals surface area contributed by atoms with E-state index in [2.05, 4.69) is 6.92 Å². The molecule has 0 radical (unpaired) electrons. The minimum Gasteiger partial charge on any atom is -0.481 e. The smallest absolute Gasteiger partial charge is 0.393 e. The van der Waals surface area contributed by atoms with E-state index in [1.807, 2.05) is 24.3 Å². The Kier molecular flexibility index (Phi) is 5.11. The number of aliphatic carboxylic acids is 1. The lowest BCUT2D eigenvalue weighted by Crippen LogP contribution is -2.33. The predicted molar refractivity (Wildman–Crippen MR) is 76.6 cm³/mol. The maximum Gasteiger partial charge on any atom is 0.393 e. The average Bonchev–Trinajstić information content (AvgIpc) is 2.90. The third-order valence-electron chi connectivity index (χ3n) is 4.28. The molecule has 0 spiro atoms. The average molecular weight is 315 g/mol. The molecule has 1 aliphatic rings. The first-order valence-corrected chi connectivity index (χ1v) is 7.41. The summed E-state index contributed by atoms with van der Waals surface area (Å²) >= 11 is 0. The van der Waals surface area contributed by atoms with Gasteiger partial charge in [-0.25, -0.2) is 0 Å². The molecule has 1 aromatic rings. The highest BCUT2D eigenvalue weighted by Crippen LogP contribution is 2.37. The van der Waals surface area contributed by atoms with Gasteiger partial charge < -0.3 is 10.0 Å². The fourth-order valence-electron chi connectivity index (χ4n) is 2.88. The maximum absolute atomic E-state index is 12.9. The number of aryl methyl sites for hydroxylation is 1. The lowest BCUT2D eigenvalue weighted by molar-refractivity contribution is -0.188. The normalized spacial score (nSPS) is 22.9. The van der Waals surface area contributed by atoms with Crippen LogP contribution in [0.2, 0.25) is 0 Å². The molecule has 1 aromatic carbocycles. The Bertz CT molecular complexity index is 513. The molecule has 0 bridgehead atoms. The number of carboxylic acid groups (broad SMARTS) is 1. The fourth-order valence-corrected chi connectivity index (χ4v) is 2.88. The summed E-state index contributed by atoms with van der Waals surface area (Å²) in [6.45, 7) is 2.24. The van der Waals surface area contributed by atoms with Crippen molar-refractivity contribution in [2.24, 2.45) is 11.8 Å². The molecule has 0 amide bonds. The van der Waals surface area contributed by atoms with Crippen LogP contribution in [-0.4, -0.2) is 41.8 Å². The highest BCUT2D eigenvalue weighted by Gasteiger charge is 2.52. The van der Waals surface area contributed by atoms with E-state index in [-0.39, 0.29) is 13.1 Å². The van der Waals surface area contributed by atoms with Crippen LogP contribution < -0.4 is 0 Å². The summed E-state index contributed by atoms with van der Waals surface area (Å²) in [5, 5.41) is 8.98. The summed E-state index contributed by atoms with van der Waals surface area (Å²) in [5.41, 5.74) is 2.27. The SMILES string of the molecule is CCc1ccc(CCN2C[C@@H](C(F)(F)F)[C@H](C(=O)O)C2)cc1. The maximum atomic E-state index is 12.9. The number of benzene rings is 1. The van der Waals surface area contributed by atoms with E-state index in [0.29, 0.717) is 13.0 Å². The van der Waals surface area contributed by atoms with Crippen LogP contribution in [0, 0.1) is 11.8 Å². The van der Waals surface area contributed by atoms with Crippen molar-refractivity contribution in [1.82, 2.24) is 4.90 Å². The van der Waals surface area contributed by atoms with Crippen LogP contribution in [0.4, 0.5) is 13.2 Å². The lowest BCUT2D eigenvalue weighted by Gasteiger charge is -2.18. The quantitative estimate of drug-likeness (QED) is 0.908. The van der Waals surface area contributed by atoms with Crippen LogP contribution in [0.3, 0.4) is 0 Å². The van der Waals surface area contributed by atoms with Gasteiger partial charge in [0.1, 0.15) is 0 Å². The monoisotopic (exact) mass is 315 g/mol. The predicted octanol–water partition coefficient (Wildman–Crippen LogP) is 2.99. The van der Waals surface area contributed by atoms with Gasteiger partial charge in [-0.1, -0.05) is 31.2 Å². The van der Waals surface area contributed by atoms with E-state index in [9.17, 15) is 18.0 Å². The summed E-state index contributed by atoms with van der Waals surface area (Å²) in [5.74, 6) is -4.49. The molecule has 0 aliphatic carbocycles. The van der Waals surface area contributed by atoms with Gasteiger partial charge in [0.2, 0.25) is 0 Å². The van der Waals surface area contributed by atoms with Gasteiger partial charge in [0.25, 0.3) is 0 Å². The summed E-state index contributed by atoms with van der Waals surface area (Å²) < 4.78 is 38.7. The molecule has 1 saturated heterocycles. The van der Waals surface area contributed by atoms with Crippen LogP contribution in [-0.2, 0) is 17.6 Å². The molecule has 6 heteroatoms. The first kappa shape index (κ1) is 16.8. The molecule has 2 atom stereocenters. The Balaban J connectivity index is 1.94. The fraction of sp³-hybridized carbons (Fsp3) is 0.562. The van der Waals surface area contributed by atoms with Crippen LogP contribution in [0.25, 0.3) is 0 Å². The van der Waals surface area contributed by atoms with Gasteiger partial charge >= 0.3 is 12.1 Å². The zero-order valence-corrected chi connectivity index (χ0v) is 12.4. The second-order valence-corrected chi connectivity index (χ2v) is 5.77. The van der Waals surface area contributed by atoms with Crippen LogP contribution in [0.15, 0.2) is 24.3 Å². The Morgan fingerprint density at radius 3 is 2.27 bits per heavy atom. The Labute approximate surface area is 127 Å². The third kappa shape index (κ3) is 4.00. The van der Waals surface area contributed by atoms with E-state index in [0.717, 1.165) is 12.0 Å². The standard InChI is InChI=1S/C16H20F3NO2/c1-2-11-3-5-12(6-4-11)7-8-20-9-13(15(21)22)14(10-20)16(17,18)19/h3-6,13-14H,2,7-10H2,1H3,(H,21,22)/t13-,14-/m1/s1. The van der Waals surface area contributed by atoms with E-state index in [4.69, 9.17) is 5.11 Å². The summed E-state index contributed by atoms with van der Waals surface area (Å²) in [6, 6.07) is 7.98. The molecule has 1 heterocycles. The van der Waals surface area contributed by atoms with E-state index in [1.165, 1.54) is 5.56 Å². The second kappa shape index (κ2) is 6.69. The van der Waals surface area contributed by atoms with Gasteiger partial charge in [0.05, 0.1) is 11.8 Å². The minimum absolute atomic E-state index is 0.0352. The Morgan fingerprint density at radius 1 is 1.23 bits per heavy atom. The van der Waals surface area contributed by atoms with E-state index < -0.39 is 24.0 Å². The summed E-state index contributed by atoms with van der Waals surface area (Å²) in [7, 11) is 0. The van der Waals surface area contributed by atoms with Crippen molar-refractivity contribution >= 4 is 5.97 Å². The van der Waals surface area contributed by atoms with Crippen molar-refractivity contribution in [2.45, 2.75) is 25.9 Å². The van der Waals surface area contributed by atoms with Gasteiger partial charge in [-0.3, -0.25) is 4.79 Å². The number of hydrogen-bond donors (Lipinski definition) is 1. The highest BCUT2D eigenvalue weighted by atomic mass is 19.4. The van der Waals surface area contributed by atoms with Crippen molar-refractivity contribution in [3.05, 3.63) is 35.4 Å². The number of halogens is 3. The first-order chi connectivity index (χ1) is 10.3. The van der Waals surface area contributed by atoms with Gasteiger partial charge in [0.15, 0.2) is 0 Å². The number of nitrogens with zero attached hydrogens (tertiary/aromatic N) is 1. The van der Waals surface area contributed by atoms with Crippen molar-refractivity contribution in [1.29, 1.82) is 0 Å². The summed E-state index contributed by atoms with van der Waals surface area (Å²) in [6.07, 6.45) is -2.89. The first-order valence-electron chi connectivity index (χ1n) is 7.41. The van der Waals surface area contributed by atoms with Crippen LogP contribution in [0.1, 0.15) is 18.1 Å². The molecule has 0 aromatic heterocycles. The topological polar surface area (TPSA) is 40.5 Å². The van der Waals surface area contributed by atoms with Crippen LogP contribution >= 0.6 is 0 Å². The number of hydrogen-bond acceptors (Lipinski definition) is 2. The van der Waals surface area contributed by atoms with E-state index >= 15 is 0 Å². The van der Waals surface area contributed by atoms with Crippen molar-refractivity contribution in [3.8, 4) is 0 Å². The molecule has 122 valence electrons. The van der Waals surface area contributed by atoms with Gasteiger partial charge in [-0.15, -0.1) is 0 Å². The number of likely N-dealkylation sites (tertiary alicyclic amines) is 1. The molecule has 22 heavy (non-hydrogen) atoms. The number of carboxylic acids is 1. The largest absolute Gasteiger partial charge is 0.481 e. The van der Waals surface area contributed by atoms with Gasteiger partial charge in [0, 0.05) is 19.6 Å². The highest BCUT2D eigenvalue weighted by molar-refractivity contribution is 5.71. The lowest BCUT2D eigenvalue weighted by atomic mass is 9.96. The number of alkyl halides is 3. The molecule has 1 aliphatic heterocycles. The van der Waals surface area contributed by atoms with Crippen LogP contribution in [0.5, 0.6) is 0 Å². The third-order valence-corrected chi connectivity index (χ3v) is 4.28. The van der Waals surface area contributed by atoms with Crippen molar-refractivity contribution in [2.75, 3.05) is 19.6 Å². The van der Waals surface area contributed by atoms with Gasteiger partial charge in [-0.05, 0) is 24.0 Å². The zero-order valence-electron chi connectivity index (χ0n) is 12.4. The zero-order chi connectivity index (χ0) is 16.3. The van der Waals surface area contributed by atoms with Gasteiger partial charge in [-0.2, -0.15) is 13.2 Å². The molecule has 0 saturated carbocycles. The number of rotatable bonds is 5. The van der Waals surface area contributed by atoms with Crippen molar-refractivity contribution in [3.63, 3.8) is 0 Å². The van der Waals surface area contributed by atoms with Crippen molar-refractivity contribution < 1.29 is 23.1 Å². The Morgan fingerprint density at radius 2 is 1.82 bits per heavy atom. The molecular weight excluding hydrogens is 295 g/mol. The second-order valence-electron chi connectivity index (χ2n) is 5.77. The molecule has 0 unspecified atom stereocenters. The molecule has 2 rings (SSSR count). The molecule has 1 N–H and O–H groups in total.